The van der Waals surface area contributed by atoms with E-state index < -0.39 is 0 Å². The van der Waals surface area contributed by atoms with Gasteiger partial charge in [0.1, 0.15) is 0 Å². The zero-order valence-corrected chi connectivity index (χ0v) is 11.3. The first-order valence-corrected chi connectivity index (χ1v) is 0. The van der Waals surface area contributed by atoms with Gasteiger partial charge in [-0.05, 0) is 0 Å². The Morgan fingerprint density at radius 3 is 0.750 bits per heavy atom. The van der Waals surface area contributed by atoms with Crippen LogP contribution in [0.25, 0.3) is 0 Å². The van der Waals surface area contributed by atoms with Crippen LogP contribution in [0.2, 0.25) is 0 Å². The fraction of sp³-hybridized carbons (Fsp3) is 0. The van der Waals surface area contributed by atoms with E-state index in [2.05, 4.69) is 0 Å². The zero-order valence-electron chi connectivity index (χ0n) is 1.52. The van der Waals surface area contributed by atoms with Gasteiger partial charge in [-0.1, -0.05) is 0 Å². The molecule has 2 radical (unpaired) electrons. The van der Waals surface area contributed by atoms with Crippen LogP contribution >= 0.6 is 0 Å². The van der Waals surface area contributed by atoms with E-state index in [1.165, 1.54) is 0 Å². The molecule has 0 aliphatic heterocycles. The van der Waals surface area contributed by atoms with E-state index in [4.69, 9.17) is 0 Å². The summed E-state index contributed by atoms with van der Waals surface area (Å²) >= 11 is 0. The largest absolute Gasteiger partial charge is 0 e. The molecule has 4 heteroatoms. The Bertz CT molecular complexity index is 6.00. The summed E-state index contributed by atoms with van der Waals surface area (Å²) in [6, 6.07) is 0. The maximum Gasteiger partial charge on any atom is 0 e. The summed E-state index contributed by atoms with van der Waals surface area (Å²) in [6.45, 7) is 0. The summed E-state index contributed by atoms with van der Waals surface area (Å²) in [6.07, 6.45) is 0. The van der Waals surface area contributed by atoms with Gasteiger partial charge >= 0.3 is 0 Å². The number of hydrogen-bond donors (Lipinski definition) is 0. The van der Waals surface area contributed by atoms with Crippen molar-refractivity contribution in [1.29, 1.82) is 0 Å². The van der Waals surface area contributed by atoms with E-state index in [1.54, 1.807) is 0 Å². The third-order valence-corrected chi connectivity index (χ3v) is 0. The van der Waals surface area contributed by atoms with Gasteiger partial charge in [0.05, 0.1) is 0 Å². The molecular weight excluding hydrogens is 612 g/mol. The molecule has 4 heavy (non-hydrogen) atoms. The third kappa shape index (κ3) is 10.7. The van der Waals surface area contributed by atoms with Gasteiger partial charge in [0.2, 0.25) is 0 Å². The molecule has 0 aliphatic rings. The Balaban J connectivity index is 0. The first-order chi connectivity index (χ1) is 0. The van der Waals surface area contributed by atoms with Crippen molar-refractivity contribution >= 4 is 0 Å². The smallest absolute Gasteiger partial charge is 0 e. The van der Waals surface area contributed by atoms with E-state index in [1.807, 2.05) is 0 Å². The van der Waals surface area contributed by atoms with Gasteiger partial charge < -0.3 is 0 Å². The second kappa shape index (κ2) is 15.9. The normalized spacial score (nSPS) is 0. The summed E-state index contributed by atoms with van der Waals surface area (Å²) < 4.78 is 0. The summed E-state index contributed by atoms with van der Waals surface area (Å²) in [5.74, 6) is 0. The minimum atomic E-state index is 0. The molecule has 0 N–H and O–H groups in total. The van der Waals surface area contributed by atoms with Crippen molar-refractivity contribution in [3.05, 3.63) is 0 Å². The maximum absolute atomic E-state index is 0. The van der Waals surface area contributed by atoms with E-state index >= 15 is 0 Å². The molecule has 0 aromatic rings. The molecule has 0 amide bonds. The first-order valence-electron chi connectivity index (χ1n) is 0. The summed E-state index contributed by atoms with van der Waals surface area (Å²) in [4.78, 5) is 0. The Kier molecular flexibility index (Phi) is 89.8. The average molecular weight is 612 g/mol. The van der Waals surface area contributed by atoms with Crippen LogP contribution in [0, 0.1) is 179 Å². The van der Waals surface area contributed by atoms with Gasteiger partial charge in [-0.25, -0.2) is 0 Å². The Morgan fingerprint density at radius 2 is 0.750 bits per heavy atom. The van der Waals surface area contributed by atoms with Gasteiger partial charge in [-0.2, -0.15) is 0 Å². The van der Waals surface area contributed by atoms with E-state index in [0.29, 0.717) is 0 Å². The average Bonchev–Trinajstić information content (AvgIpc) is 0. The van der Waals surface area contributed by atoms with Crippen LogP contribution in [0.5, 0.6) is 0 Å². The SMILES string of the molecule is [Eu].[Eu].[Gd].[Sm]. The molecule has 0 saturated heterocycles. The first kappa shape index (κ1) is 22.5. The predicted octanol–water partition coefficient (Wildman–Crippen LogP) is 0. The predicted molar refractivity (Wildman–Crippen MR) is 0 cm³/mol. The number of hydrogen-bond acceptors (Lipinski definition) is 0. The monoisotopic (exact) mass is 616 g/mol. The van der Waals surface area contributed by atoms with Gasteiger partial charge in [-0.3, -0.25) is 0 Å². The van der Waals surface area contributed by atoms with Crippen LogP contribution < -0.4 is 0 Å². The Morgan fingerprint density at radius 1 is 0.750 bits per heavy atom. The van der Waals surface area contributed by atoms with Crippen molar-refractivity contribution < 1.29 is 179 Å². The minimum absolute atomic E-state index is 0. The Labute approximate surface area is 172 Å². The zero-order chi connectivity index (χ0) is 0. The molecular formula is Eu2GdSm. The van der Waals surface area contributed by atoms with Crippen molar-refractivity contribution in [1.82, 2.24) is 0 Å². The molecule has 0 heterocycles. The summed E-state index contributed by atoms with van der Waals surface area (Å²) in [5, 5.41) is 0. The topological polar surface area (TPSA) is 0 Å². The second-order valence-corrected chi connectivity index (χ2v) is 0. The molecule has 0 saturated carbocycles. The second-order valence-electron chi connectivity index (χ2n) is 0. The maximum atomic E-state index is 0. The molecule has 0 fully saturated rings. The van der Waals surface area contributed by atoms with Crippen molar-refractivity contribution in [2.75, 3.05) is 0 Å². The van der Waals surface area contributed by atoms with Gasteiger partial charge in [0.15, 0.2) is 0 Å². The van der Waals surface area contributed by atoms with Crippen molar-refractivity contribution in [3.8, 4) is 0 Å². The summed E-state index contributed by atoms with van der Waals surface area (Å²) in [5.41, 5.74) is 0. The third-order valence-electron chi connectivity index (χ3n) is 0. The van der Waals surface area contributed by atoms with Crippen LogP contribution in [0.1, 0.15) is 0 Å². The Hall–Kier alpha value is 5.83. The van der Waals surface area contributed by atoms with Crippen molar-refractivity contribution in [2.24, 2.45) is 0 Å². The molecule has 0 bridgehead atoms. The molecule has 0 atom stereocenters. The quantitative estimate of drug-likeness (QED) is 0.362. The standard InChI is InChI=1S/2Eu.Gd.Sm. The molecule has 28 valence electrons. The van der Waals surface area contributed by atoms with E-state index in [0.717, 1.165) is 0 Å². The van der Waals surface area contributed by atoms with Crippen LogP contribution in [-0.2, 0) is 0 Å². The van der Waals surface area contributed by atoms with Crippen molar-refractivity contribution in [3.63, 3.8) is 0 Å². The fourth-order valence-corrected chi connectivity index (χ4v) is 0. The molecule has 0 rings (SSSR count). The number of rotatable bonds is 0. The summed E-state index contributed by atoms with van der Waals surface area (Å²) in [7, 11) is 0. The fourth-order valence-electron chi connectivity index (χ4n) is 0. The van der Waals surface area contributed by atoms with Crippen molar-refractivity contribution in [2.45, 2.75) is 0 Å². The minimum Gasteiger partial charge on any atom is 0 e. The molecule has 0 unspecified atom stereocenters. The molecule has 0 aliphatic carbocycles. The van der Waals surface area contributed by atoms with Gasteiger partial charge in [-0.15, -0.1) is 0 Å². The van der Waals surface area contributed by atoms with Crippen LogP contribution in [0.3, 0.4) is 0 Å². The van der Waals surface area contributed by atoms with Crippen LogP contribution in [0.15, 0.2) is 0 Å². The van der Waals surface area contributed by atoms with E-state index in [-0.39, 0.29) is 179 Å². The molecule has 0 aromatic heterocycles. The molecule has 0 spiro atoms. The van der Waals surface area contributed by atoms with Gasteiger partial charge in [0, 0.05) is 179 Å². The van der Waals surface area contributed by atoms with Crippen LogP contribution in [0.4, 0.5) is 0 Å². The van der Waals surface area contributed by atoms with Gasteiger partial charge in [0.25, 0.3) is 0 Å². The molecule has 0 nitrogen and oxygen atoms in total. The van der Waals surface area contributed by atoms with Crippen LogP contribution in [-0.4, -0.2) is 0 Å². The van der Waals surface area contributed by atoms with E-state index in [9.17, 15) is 0 Å². The molecule has 0 aromatic carbocycles.